The zero-order valence-electron chi connectivity index (χ0n) is 19.6. The fourth-order valence-corrected chi connectivity index (χ4v) is 3.65. The van der Waals surface area contributed by atoms with Gasteiger partial charge in [0.1, 0.15) is 23.9 Å². The Morgan fingerprint density at radius 2 is 1.61 bits per heavy atom. The molecule has 0 aliphatic heterocycles. The molecule has 0 amide bonds. The lowest BCUT2D eigenvalue weighted by Gasteiger charge is -2.17. The summed E-state index contributed by atoms with van der Waals surface area (Å²) in [6, 6.07) is 20.3. The molecule has 6 heteroatoms. The highest BCUT2D eigenvalue weighted by Crippen LogP contribution is 2.35. The van der Waals surface area contributed by atoms with Crippen LogP contribution in [0.3, 0.4) is 0 Å². The lowest BCUT2D eigenvalue weighted by molar-refractivity contribution is -0.140. The number of hydrogen-bond donors (Lipinski definition) is 1. The molecule has 0 heterocycles. The molecule has 0 aromatic heterocycles. The van der Waals surface area contributed by atoms with Crippen molar-refractivity contribution in [3.8, 4) is 28.4 Å². The van der Waals surface area contributed by atoms with Gasteiger partial charge in [-0.3, -0.25) is 4.79 Å². The molecule has 0 atom stereocenters. The summed E-state index contributed by atoms with van der Waals surface area (Å²) in [7, 11) is 4.61. The van der Waals surface area contributed by atoms with Crippen molar-refractivity contribution in [3.05, 3.63) is 77.4 Å². The van der Waals surface area contributed by atoms with Crippen LogP contribution in [-0.2, 0) is 22.7 Å². The lowest BCUT2D eigenvalue weighted by Crippen LogP contribution is -2.19. The predicted octanol–water partition coefficient (Wildman–Crippen LogP) is 4.91. The summed E-state index contributed by atoms with van der Waals surface area (Å²) < 4.78 is 22.0. The third kappa shape index (κ3) is 6.26. The highest BCUT2D eigenvalue weighted by Gasteiger charge is 2.14. The number of carbonyl (C=O) groups is 1. The number of methoxy groups -OCH3 is 3. The van der Waals surface area contributed by atoms with E-state index in [0.29, 0.717) is 43.4 Å². The minimum absolute atomic E-state index is 0.253. The van der Waals surface area contributed by atoms with Crippen molar-refractivity contribution in [1.29, 1.82) is 0 Å². The first-order chi connectivity index (χ1) is 16.1. The molecule has 3 aromatic carbocycles. The number of nitrogens with one attached hydrogen (secondary N) is 1. The van der Waals surface area contributed by atoms with E-state index < -0.39 is 0 Å². The molecule has 33 heavy (non-hydrogen) atoms. The van der Waals surface area contributed by atoms with Crippen molar-refractivity contribution in [2.75, 3.05) is 27.9 Å². The van der Waals surface area contributed by atoms with Crippen LogP contribution in [0.5, 0.6) is 17.2 Å². The van der Waals surface area contributed by atoms with Crippen LogP contribution >= 0.6 is 0 Å². The van der Waals surface area contributed by atoms with Crippen molar-refractivity contribution < 1.29 is 23.7 Å². The second-order valence-electron chi connectivity index (χ2n) is 7.55. The summed E-state index contributed by atoms with van der Waals surface area (Å²) in [5.41, 5.74) is 5.54. The SMILES string of the molecule is COC(=O)CCNCc1c(OC)cc(OCc2cccc(-c3ccccc3)c2C)cc1OC. The normalized spacial score (nSPS) is 10.5. The number of benzene rings is 3. The second kappa shape index (κ2) is 11.9. The first kappa shape index (κ1) is 24.1. The standard InChI is InChI=1S/C27H31NO5/c1-19-21(11-8-12-23(19)20-9-6-5-7-10-20)18-33-22-15-25(30-2)24(26(16-22)31-3)17-28-14-13-27(29)32-4/h5-12,15-16,28H,13-14,17-18H2,1-4H3. The van der Waals surface area contributed by atoms with E-state index in [2.05, 4.69) is 47.3 Å². The highest BCUT2D eigenvalue weighted by atomic mass is 16.5. The Labute approximate surface area is 195 Å². The van der Waals surface area contributed by atoms with Crippen LogP contribution < -0.4 is 19.5 Å². The van der Waals surface area contributed by atoms with E-state index in [0.717, 1.165) is 11.1 Å². The number of carbonyl (C=O) groups excluding carboxylic acids is 1. The quantitative estimate of drug-likeness (QED) is 0.331. The summed E-state index contributed by atoms with van der Waals surface area (Å²) in [4.78, 5) is 11.3. The van der Waals surface area contributed by atoms with Gasteiger partial charge in [0, 0.05) is 25.2 Å². The molecule has 1 N–H and O–H groups in total. The molecule has 0 aliphatic rings. The fourth-order valence-electron chi connectivity index (χ4n) is 3.65. The molecule has 0 saturated heterocycles. The minimum Gasteiger partial charge on any atom is -0.496 e. The van der Waals surface area contributed by atoms with Crippen LogP contribution in [0, 0.1) is 6.92 Å². The van der Waals surface area contributed by atoms with Crippen LogP contribution in [0.4, 0.5) is 0 Å². The second-order valence-corrected chi connectivity index (χ2v) is 7.55. The molecule has 0 fully saturated rings. The van der Waals surface area contributed by atoms with Gasteiger partial charge in [-0.15, -0.1) is 0 Å². The Balaban J connectivity index is 1.73. The molecule has 0 spiro atoms. The van der Waals surface area contributed by atoms with E-state index in [-0.39, 0.29) is 5.97 Å². The molecule has 0 saturated carbocycles. The topological polar surface area (TPSA) is 66.0 Å². The molecular formula is C27H31NO5. The van der Waals surface area contributed by atoms with Gasteiger partial charge < -0.3 is 24.3 Å². The van der Waals surface area contributed by atoms with E-state index in [1.54, 1.807) is 14.2 Å². The van der Waals surface area contributed by atoms with Gasteiger partial charge in [-0.2, -0.15) is 0 Å². The lowest BCUT2D eigenvalue weighted by atomic mass is 9.97. The van der Waals surface area contributed by atoms with Gasteiger partial charge >= 0.3 is 5.97 Å². The first-order valence-electron chi connectivity index (χ1n) is 10.9. The molecule has 0 aliphatic carbocycles. The smallest absolute Gasteiger partial charge is 0.306 e. The Hall–Kier alpha value is -3.51. The predicted molar refractivity (Wildman–Crippen MR) is 129 cm³/mol. The Bertz CT molecular complexity index is 1040. The van der Waals surface area contributed by atoms with Gasteiger partial charge in [-0.25, -0.2) is 0 Å². The maximum atomic E-state index is 11.3. The van der Waals surface area contributed by atoms with Crippen molar-refractivity contribution in [2.24, 2.45) is 0 Å². The van der Waals surface area contributed by atoms with Crippen LogP contribution in [0.2, 0.25) is 0 Å². The first-order valence-corrected chi connectivity index (χ1v) is 10.9. The Kier molecular flexibility index (Phi) is 8.72. The average Bonchev–Trinajstić information content (AvgIpc) is 2.86. The van der Waals surface area contributed by atoms with Gasteiger partial charge in [0.2, 0.25) is 0 Å². The number of hydrogen-bond acceptors (Lipinski definition) is 6. The Morgan fingerprint density at radius 1 is 0.909 bits per heavy atom. The maximum Gasteiger partial charge on any atom is 0.306 e. The van der Waals surface area contributed by atoms with Crippen molar-refractivity contribution in [2.45, 2.75) is 26.5 Å². The summed E-state index contributed by atoms with van der Waals surface area (Å²) in [5, 5.41) is 3.22. The molecule has 6 nitrogen and oxygen atoms in total. The van der Waals surface area contributed by atoms with E-state index in [9.17, 15) is 4.79 Å². The van der Waals surface area contributed by atoms with Crippen molar-refractivity contribution in [1.82, 2.24) is 5.32 Å². The monoisotopic (exact) mass is 449 g/mol. The Morgan fingerprint density at radius 3 is 2.24 bits per heavy atom. The average molecular weight is 450 g/mol. The molecule has 0 bridgehead atoms. The number of ether oxygens (including phenoxy) is 4. The van der Waals surface area contributed by atoms with E-state index in [4.69, 9.17) is 14.2 Å². The molecular weight excluding hydrogens is 418 g/mol. The molecule has 0 radical (unpaired) electrons. The molecule has 174 valence electrons. The maximum absolute atomic E-state index is 11.3. The van der Waals surface area contributed by atoms with Crippen LogP contribution in [0.25, 0.3) is 11.1 Å². The summed E-state index contributed by atoms with van der Waals surface area (Å²) >= 11 is 0. The van der Waals surface area contributed by atoms with Gasteiger partial charge in [-0.05, 0) is 29.2 Å². The van der Waals surface area contributed by atoms with Crippen LogP contribution in [0.1, 0.15) is 23.1 Å². The largest absolute Gasteiger partial charge is 0.496 e. The van der Waals surface area contributed by atoms with Gasteiger partial charge in [0.05, 0.1) is 33.3 Å². The summed E-state index contributed by atoms with van der Waals surface area (Å²) in [6.07, 6.45) is 0.295. The molecule has 3 rings (SSSR count). The van der Waals surface area contributed by atoms with Crippen molar-refractivity contribution >= 4 is 5.97 Å². The van der Waals surface area contributed by atoms with Gasteiger partial charge in [-0.1, -0.05) is 48.5 Å². The summed E-state index contributed by atoms with van der Waals surface area (Å²) in [5.74, 6) is 1.72. The zero-order valence-corrected chi connectivity index (χ0v) is 19.6. The van der Waals surface area contributed by atoms with Gasteiger partial charge in [0.25, 0.3) is 0 Å². The van der Waals surface area contributed by atoms with Crippen LogP contribution in [0.15, 0.2) is 60.7 Å². The van der Waals surface area contributed by atoms with E-state index in [1.165, 1.54) is 23.8 Å². The van der Waals surface area contributed by atoms with E-state index >= 15 is 0 Å². The minimum atomic E-state index is -0.253. The van der Waals surface area contributed by atoms with Gasteiger partial charge in [0.15, 0.2) is 0 Å². The highest BCUT2D eigenvalue weighted by molar-refractivity contribution is 5.69. The van der Waals surface area contributed by atoms with Crippen LogP contribution in [-0.4, -0.2) is 33.8 Å². The van der Waals surface area contributed by atoms with Crippen molar-refractivity contribution in [3.63, 3.8) is 0 Å². The molecule has 3 aromatic rings. The van der Waals surface area contributed by atoms with E-state index in [1.807, 2.05) is 30.3 Å². The molecule has 0 unspecified atom stereocenters. The number of rotatable bonds is 11. The number of esters is 1. The third-order valence-electron chi connectivity index (χ3n) is 5.54. The third-order valence-corrected chi connectivity index (χ3v) is 5.54. The fraction of sp³-hybridized carbons (Fsp3) is 0.296. The summed E-state index contributed by atoms with van der Waals surface area (Å²) in [6.45, 7) is 3.52. The zero-order chi connectivity index (χ0) is 23.6.